The topological polar surface area (TPSA) is 72.8 Å². The monoisotopic (exact) mass is 556 g/mol. The molecule has 2 atom stereocenters. The van der Waals surface area contributed by atoms with Crippen molar-refractivity contribution in [1.82, 2.24) is 0 Å². The lowest BCUT2D eigenvalue weighted by atomic mass is 9.97. The van der Waals surface area contributed by atoms with Crippen molar-refractivity contribution in [3.05, 3.63) is 121 Å². The van der Waals surface area contributed by atoms with Gasteiger partial charge in [-0.1, -0.05) is 72.8 Å². The summed E-state index contributed by atoms with van der Waals surface area (Å²) in [7, 11) is 0. The molecule has 5 aromatic carbocycles. The minimum atomic E-state index is 0.138. The number of rotatable bonds is 11. The zero-order valence-electron chi connectivity index (χ0n) is 23.2. The third kappa shape index (κ3) is 5.68. The second kappa shape index (κ2) is 11.6. The van der Waals surface area contributed by atoms with Crippen LogP contribution >= 0.6 is 0 Å². The normalized spacial score (nSPS) is 17.0. The minimum Gasteiger partial charge on any atom is -0.490 e. The summed E-state index contributed by atoms with van der Waals surface area (Å²) in [6.45, 7) is 2.48. The number of nitrogen functional groups attached to an aromatic ring is 1. The van der Waals surface area contributed by atoms with E-state index in [1.807, 2.05) is 48.5 Å². The largest absolute Gasteiger partial charge is 0.490 e. The van der Waals surface area contributed by atoms with Crippen LogP contribution in [-0.2, 0) is 9.47 Å². The first-order chi connectivity index (χ1) is 20.7. The summed E-state index contributed by atoms with van der Waals surface area (Å²) < 4.78 is 23.7. The third-order valence-corrected chi connectivity index (χ3v) is 7.42. The second-order valence-electron chi connectivity index (χ2n) is 10.5. The predicted octanol–water partition coefficient (Wildman–Crippen LogP) is 7.63. The van der Waals surface area contributed by atoms with E-state index in [4.69, 9.17) is 24.7 Å². The van der Waals surface area contributed by atoms with Gasteiger partial charge < -0.3 is 29.6 Å². The van der Waals surface area contributed by atoms with Crippen molar-refractivity contribution in [2.75, 3.05) is 37.1 Å². The Balaban J connectivity index is 1.46. The smallest absolute Gasteiger partial charge is 0.129 e. The van der Waals surface area contributed by atoms with Crippen LogP contribution in [-0.4, -0.2) is 38.6 Å². The molecule has 0 radical (unpaired) electrons. The summed E-state index contributed by atoms with van der Waals surface area (Å²) in [6, 6.07) is 41.1. The van der Waals surface area contributed by atoms with Gasteiger partial charge in [0.1, 0.15) is 36.9 Å². The molecule has 0 saturated carbocycles. The van der Waals surface area contributed by atoms with Gasteiger partial charge in [-0.25, -0.2) is 0 Å². The molecule has 2 aliphatic rings. The van der Waals surface area contributed by atoms with Crippen molar-refractivity contribution < 1.29 is 18.9 Å². The molecule has 0 aromatic heterocycles. The Morgan fingerprint density at radius 2 is 1.02 bits per heavy atom. The number of hydrogen-bond donors (Lipinski definition) is 1. The van der Waals surface area contributed by atoms with Gasteiger partial charge in [-0.05, 0) is 59.7 Å². The summed E-state index contributed by atoms with van der Waals surface area (Å²) in [5.74, 6) is 1.60. The second-order valence-corrected chi connectivity index (χ2v) is 10.5. The quantitative estimate of drug-likeness (QED) is 0.133. The molecule has 0 aliphatic carbocycles. The van der Waals surface area contributed by atoms with Crippen LogP contribution in [0.1, 0.15) is 0 Å². The Morgan fingerprint density at radius 1 is 0.571 bits per heavy atom. The van der Waals surface area contributed by atoms with Crippen LogP contribution in [0.4, 0.5) is 22.7 Å². The molecule has 2 saturated heterocycles. The molecular formula is C36H32N2O4. The maximum Gasteiger partial charge on any atom is 0.129 e. The number of epoxide rings is 2. The highest BCUT2D eigenvalue weighted by molar-refractivity contribution is 5.96. The van der Waals surface area contributed by atoms with Crippen LogP contribution < -0.4 is 20.1 Å². The number of nitrogens with zero attached hydrogens (tertiary/aromatic N) is 1. The van der Waals surface area contributed by atoms with E-state index in [1.165, 1.54) is 0 Å². The highest BCUT2D eigenvalue weighted by atomic mass is 16.6. The molecule has 210 valence electrons. The molecular weight excluding hydrogens is 524 g/mol. The zero-order chi connectivity index (χ0) is 28.3. The maximum atomic E-state index is 6.40. The molecule has 2 heterocycles. The molecule has 2 N–H and O–H groups in total. The first-order valence-corrected chi connectivity index (χ1v) is 14.3. The van der Waals surface area contributed by atoms with E-state index in [2.05, 4.69) is 77.7 Å². The van der Waals surface area contributed by atoms with E-state index >= 15 is 0 Å². The molecule has 2 fully saturated rings. The maximum absolute atomic E-state index is 6.40. The summed E-state index contributed by atoms with van der Waals surface area (Å²) in [4.78, 5) is 2.27. The predicted molar refractivity (Wildman–Crippen MR) is 167 cm³/mol. The Labute approximate surface area is 245 Å². The summed E-state index contributed by atoms with van der Waals surface area (Å²) >= 11 is 0. The highest BCUT2D eigenvalue weighted by Crippen LogP contribution is 2.49. The number of hydrogen-bond acceptors (Lipinski definition) is 6. The summed E-state index contributed by atoms with van der Waals surface area (Å²) in [5.41, 5.74) is 13.9. The fourth-order valence-corrected chi connectivity index (χ4v) is 5.17. The molecule has 2 aliphatic heterocycles. The standard InChI is InChI=1S/C36H32N2O4/c37-27-17-19-28(20-18-27)38(31-13-7-15-33(41-23-29-21-39-29)35(31)25-9-3-1-4-10-25)32-14-8-16-34(42-24-30-22-40-30)36(32)26-11-5-2-6-12-26/h1-20,29-30H,21-24,37H2. The molecule has 6 nitrogen and oxygen atoms in total. The van der Waals surface area contributed by atoms with Crippen molar-refractivity contribution in [2.24, 2.45) is 0 Å². The molecule has 42 heavy (non-hydrogen) atoms. The minimum absolute atomic E-state index is 0.138. The van der Waals surface area contributed by atoms with Gasteiger partial charge in [-0.2, -0.15) is 0 Å². The Bertz CT molecular complexity index is 1550. The lowest BCUT2D eigenvalue weighted by Crippen LogP contribution is -2.15. The van der Waals surface area contributed by atoms with E-state index in [-0.39, 0.29) is 12.2 Å². The Morgan fingerprint density at radius 3 is 1.45 bits per heavy atom. The van der Waals surface area contributed by atoms with Gasteiger partial charge >= 0.3 is 0 Å². The molecule has 5 aromatic rings. The van der Waals surface area contributed by atoms with E-state index < -0.39 is 0 Å². The highest BCUT2D eigenvalue weighted by Gasteiger charge is 2.28. The van der Waals surface area contributed by atoms with E-state index in [9.17, 15) is 0 Å². The van der Waals surface area contributed by atoms with Crippen molar-refractivity contribution in [1.29, 1.82) is 0 Å². The van der Waals surface area contributed by atoms with Gasteiger partial charge in [-0.3, -0.25) is 0 Å². The van der Waals surface area contributed by atoms with Gasteiger partial charge in [-0.15, -0.1) is 0 Å². The number of benzene rings is 5. The van der Waals surface area contributed by atoms with Crippen molar-refractivity contribution in [3.63, 3.8) is 0 Å². The fourth-order valence-electron chi connectivity index (χ4n) is 5.17. The fraction of sp³-hybridized carbons (Fsp3) is 0.167. The molecule has 0 spiro atoms. The van der Waals surface area contributed by atoms with Gasteiger partial charge in [0.05, 0.1) is 24.6 Å². The van der Waals surface area contributed by atoms with Crippen LogP contribution in [0.25, 0.3) is 22.3 Å². The number of anilines is 4. The van der Waals surface area contributed by atoms with E-state index in [0.29, 0.717) is 18.9 Å². The van der Waals surface area contributed by atoms with Crippen molar-refractivity contribution in [2.45, 2.75) is 12.2 Å². The van der Waals surface area contributed by atoms with Gasteiger partial charge in [0.15, 0.2) is 0 Å². The van der Waals surface area contributed by atoms with Gasteiger partial charge in [0.2, 0.25) is 0 Å². The molecule has 2 unspecified atom stereocenters. The third-order valence-electron chi connectivity index (χ3n) is 7.42. The average molecular weight is 557 g/mol. The van der Waals surface area contributed by atoms with Crippen LogP contribution in [0.15, 0.2) is 121 Å². The first-order valence-electron chi connectivity index (χ1n) is 14.3. The van der Waals surface area contributed by atoms with Crippen molar-refractivity contribution >= 4 is 22.7 Å². The van der Waals surface area contributed by atoms with Crippen LogP contribution in [0.3, 0.4) is 0 Å². The Hall–Kier alpha value is -4.78. The first kappa shape index (κ1) is 26.1. The summed E-state index contributed by atoms with van der Waals surface area (Å²) in [5, 5.41) is 0. The molecule has 6 heteroatoms. The number of nitrogens with two attached hydrogens (primary N) is 1. The van der Waals surface area contributed by atoms with Crippen LogP contribution in [0.2, 0.25) is 0 Å². The van der Waals surface area contributed by atoms with Gasteiger partial charge in [0, 0.05) is 22.5 Å². The zero-order valence-corrected chi connectivity index (χ0v) is 23.2. The molecule has 0 bridgehead atoms. The van der Waals surface area contributed by atoms with Gasteiger partial charge in [0.25, 0.3) is 0 Å². The molecule has 7 rings (SSSR count). The Kier molecular flexibility index (Phi) is 7.22. The lowest BCUT2D eigenvalue weighted by Gasteiger charge is -2.31. The molecule has 0 amide bonds. The summed E-state index contributed by atoms with van der Waals surface area (Å²) in [6.07, 6.45) is 0.277. The average Bonchev–Trinajstić information content (AvgIpc) is 3.97. The van der Waals surface area contributed by atoms with E-state index in [0.717, 1.165) is 64.0 Å². The lowest BCUT2D eigenvalue weighted by molar-refractivity contribution is 0.264. The number of ether oxygens (including phenoxy) is 4. The van der Waals surface area contributed by atoms with E-state index in [1.54, 1.807) is 0 Å². The SMILES string of the molecule is Nc1ccc(N(c2cccc(OCC3CO3)c2-c2ccccc2)c2cccc(OCC3CO3)c2-c2ccccc2)cc1. The van der Waals surface area contributed by atoms with Crippen LogP contribution in [0, 0.1) is 0 Å². The van der Waals surface area contributed by atoms with Crippen LogP contribution in [0.5, 0.6) is 11.5 Å². The van der Waals surface area contributed by atoms with Crippen molar-refractivity contribution in [3.8, 4) is 33.8 Å².